The van der Waals surface area contributed by atoms with Crippen LogP contribution in [0.5, 0.6) is 0 Å². The van der Waals surface area contributed by atoms with Gasteiger partial charge in [0.05, 0.1) is 19.3 Å². The highest BCUT2D eigenvalue weighted by Crippen LogP contribution is 2.24. The van der Waals surface area contributed by atoms with E-state index < -0.39 is 68.3 Å². The predicted octanol–water partition coefficient (Wildman–Crippen LogP) is -5.79. The van der Waals surface area contributed by atoms with E-state index in [0.29, 0.717) is 0 Å². The largest absolute Gasteiger partial charge is 0.394 e. The van der Waals surface area contributed by atoms with E-state index in [9.17, 15) is 30.6 Å². The molecule has 1 fully saturated rings. The van der Waals surface area contributed by atoms with Crippen LogP contribution in [0.4, 0.5) is 0 Å². The summed E-state index contributed by atoms with van der Waals surface area (Å²) < 4.78 is 10.2. The van der Waals surface area contributed by atoms with Gasteiger partial charge in [0, 0.05) is 6.54 Å². The van der Waals surface area contributed by atoms with Gasteiger partial charge in [0.2, 0.25) is 0 Å². The van der Waals surface area contributed by atoms with Gasteiger partial charge in [-0.15, -0.1) is 0 Å². The van der Waals surface area contributed by atoms with Crippen LogP contribution in [-0.4, -0.2) is 116 Å². The Labute approximate surface area is 132 Å². The smallest absolute Gasteiger partial charge is 0.187 e. The molecule has 0 amide bonds. The first-order chi connectivity index (χ1) is 10.8. The molecule has 138 valence electrons. The molecule has 1 heterocycles. The van der Waals surface area contributed by atoms with Crippen molar-refractivity contribution in [2.24, 2.45) is 5.73 Å². The molecule has 0 aromatic carbocycles. The van der Waals surface area contributed by atoms with Crippen molar-refractivity contribution in [1.29, 1.82) is 0 Å². The number of hydrogen-bond acceptors (Lipinski definition) is 11. The first-order valence-electron chi connectivity index (χ1n) is 7.09. The van der Waals surface area contributed by atoms with E-state index in [1.54, 1.807) is 0 Å². The van der Waals surface area contributed by atoms with Crippen molar-refractivity contribution in [1.82, 2.24) is 0 Å². The molecular formula is C12H25NO10. The second-order valence-electron chi connectivity index (χ2n) is 5.34. The molecule has 0 aromatic rings. The van der Waals surface area contributed by atoms with Gasteiger partial charge in [-0.1, -0.05) is 0 Å². The second kappa shape index (κ2) is 9.15. The molecule has 1 saturated heterocycles. The number of ether oxygens (including phenoxy) is 2. The summed E-state index contributed by atoms with van der Waals surface area (Å²) in [6.07, 6.45) is -14.5. The van der Waals surface area contributed by atoms with E-state index in [0.717, 1.165) is 0 Å². The predicted molar refractivity (Wildman–Crippen MR) is 72.8 cm³/mol. The average Bonchev–Trinajstić information content (AvgIpc) is 2.57. The molecule has 0 spiro atoms. The van der Waals surface area contributed by atoms with Crippen molar-refractivity contribution >= 4 is 0 Å². The summed E-state index contributed by atoms with van der Waals surface area (Å²) in [5.41, 5.74) is 5.20. The summed E-state index contributed by atoms with van der Waals surface area (Å²) in [5.74, 6) is 0. The average molecular weight is 343 g/mol. The van der Waals surface area contributed by atoms with Crippen LogP contribution in [0.25, 0.3) is 0 Å². The highest BCUT2D eigenvalue weighted by Gasteiger charge is 2.46. The Morgan fingerprint density at radius 3 is 2.04 bits per heavy atom. The van der Waals surface area contributed by atoms with Gasteiger partial charge in [0.25, 0.3) is 0 Å². The van der Waals surface area contributed by atoms with E-state index in [4.69, 9.17) is 25.4 Å². The third kappa shape index (κ3) is 4.78. The number of aliphatic hydroxyl groups is 8. The zero-order valence-corrected chi connectivity index (χ0v) is 12.3. The van der Waals surface area contributed by atoms with Crippen molar-refractivity contribution in [3.05, 3.63) is 0 Å². The zero-order valence-electron chi connectivity index (χ0n) is 12.3. The van der Waals surface area contributed by atoms with Gasteiger partial charge in [-0.2, -0.15) is 0 Å². The first kappa shape index (κ1) is 20.6. The van der Waals surface area contributed by atoms with E-state index in [-0.39, 0.29) is 6.54 Å². The summed E-state index contributed by atoms with van der Waals surface area (Å²) >= 11 is 0. The van der Waals surface area contributed by atoms with E-state index >= 15 is 0 Å². The van der Waals surface area contributed by atoms with Gasteiger partial charge >= 0.3 is 0 Å². The lowest BCUT2D eigenvalue weighted by molar-refractivity contribution is -0.327. The van der Waals surface area contributed by atoms with Crippen molar-refractivity contribution in [2.75, 3.05) is 19.8 Å². The fourth-order valence-corrected chi connectivity index (χ4v) is 2.20. The minimum Gasteiger partial charge on any atom is -0.394 e. The van der Waals surface area contributed by atoms with E-state index in [1.807, 2.05) is 0 Å². The lowest BCUT2D eigenvalue weighted by Gasteiger charge is -2.42. The molecule has 0 bridgehead atoms. The quantitative estimate of drug-likeness (QED) is 0.203. The van der Waals surface area contributed by atoms with Crippen LogP contribution in [0.15, 0.2) is 0 Å². The second-order valence-corrected chi connectivity index (χ2v) is 5.34. The Morgan fingerprint density at radius 1 is 0.957 bits per heavy atom. The molecule has 0 aliphatic carbocycles. The minimum atomic E-state index is -1.76. The fourth-order valence-electron chi connectivity index (χ4n) is 2.20. The Kier molecular flexibility index (Phi) is 8.20. The fraction of sp³-hybridized carbons (Fsp3) is 1.00. The first-order valence-corrected chi connectivity index (χ1v) is 7.09. The molecule has 10 N–H and O–H groups in total. The maximum atomic E-state index is 9.91. The van der Waals surface area contributed by atoms with Crippen molar-refractivity contribution in [2.45, 2.75) is 55.1 Å². The van der Waals surface area contributed by atoms with Gasteiger partial charge in [-0.3, -0.25) is 0 Å². The molecule has 0 aromatic heterocycles. The highest BCUT2D eigenvalue weighted by atomic mass is 16.7. The van der Waals surface area contributed by atoms with Gasteiger partial charge in [0.1, 0.15) is 42.7 Å². The van der Waals surface area contributed by atoms with E-state index in [2.05, 4.69) is 0 Å². The molecule has 11 heteroatoms. The minimum absolute atomic E-state index is 0.367. The highest BCUT2D eigenvalue weighted by molar-refractivity contribution is 4.91. The number of aliphatic hydroxyl groups excluding tert-OH is 8. The topological polar surface area (TPSA) is 206 Å². The van der Waals surface area contributed by atoms with Crippen LogP contribution >= 0.6 is 0 Å². The molecule has 0 radical (unpaired) electrons. The number of hydrogen-bond donors (Lipinski definition) is 9. The third-order valence-corrected chi connectivity index (χ3v) is 3.68. The maximum Gasteiger partial charge on any atom is 0.187 e. The molecule has 1 aliphatic rings. The molecule has 0 unspecified atom stereocenters. The molecule has 0 saturated carbocycles. The lowest BCUT2D eigenvalue weighted by atomic mass is 9.98. The Balaban J connectivity index is 2.89. The summed E-state index contributed by atoms with van der Waals surface area (Å²) in [6.45, 7) is -1.89. The van der Waals surface area contributed by atoms with Crippen LogP contribution in [0.1, 0.15) is 0 Å². The van der Waals surface area contributed by atoms with Crippen LogP contribution in [0.3, 0.4) is 0 Å². The Bertz CT molecular complexity index is 346. The SMILES string of the molecule is NC[C@H](O)[C@@H](O)[C@H](O[C@@H]1O[C@H](CO)[C@@H](O)[C@H](O)[C@H]1O)[C@H](O)CO. The maximum absolute atomic E-state index is 9.91. The zero-order chi connectivity index (χ0) is 17.7. The summed E-state index contributed by atoms with van der Waals surface area (Å²) in [4.78, 5) is 0. The monoisotopic (exact) mass is 343 g/mol. The van der Waals surface area contributed by atoms with Crippen LogP contribution < -0.4 is 5.73 Å². The molecule has 11 nitrogen and oxygen atoms in total. The summed E-state index contributed by atoms with van der Waals surface area (Å²) in [6, 6.07) is 0. The Hall–Kier alpha value is -0.440. The van der Waals surface area contributed by atoms with Crippen molar-refractivity contribution in [3.63, 3.8) is 0 Å². The summed E-state index contributed by atoms with van der Waals surface area (Å²) in [7, 11) is 0. The molecule has 9 atom stereocenters. The number of rotatable bonds is 8. The van der Waals surface area contributed by atoms with Crippen LogP contribution in [0.2, 0.25) is 0 Å². The van der Waals surface area contributed by atoms with E-state index in [1.165, 1.54) is 0 Å². The van der Waals surface area contributed by atoms with Gasteiger partial charge in [-0.05, 0) is 0 Å². The standard InChI is InChI=1S/C12H25NO10/c13-1-4(16)7(18)11(5(17)2-14)23-12-10(21)9(20)8(19)6(3-15)22-12/h4-12,14-21H,1-3,13H2/t4-,5+,6+,7+,8+,9-,10+,11+,12-/m0/s1. The van der Waals surface area contributed by atoms with Crippen molar-refractivity contribution in [3.8, 4) is 0 Å². The van der Waals surface area contributed by atoms with Gasteiger partial charge in [0.15, 0.2) is 6.29 Å². The van der Waals surface area contributed by atoms with Crippen LogP contribution in [0, 0.1) is 0 Å². The normalized spacial score (nSPS) is 37.2. The van der Waals surface area contributed by atoms with Crippen LogP contribution in [-0.2, 0) is 9.47 Å². The third-order valence-electron chi connectivity index (χ3n) is 3.68. The Morgan fingerprint density at radius 2 is 1.57 bits per heavy atom. The lowest BCUT2D eigenvalue weighted by Crippen LogP contribution is -2.61. The molecular weight excluding hydrogens is 318 g/mol. The molecule has 1 rings (SSSR count). The van der Waals surface area contributed by atoms with Gasteiger partial charge < -0.3 is 56.1 Å². The molecule has 23 heavy (non-hydrogen) atoms. The van der Waals surface area contributed by atoms with Gasteiger partial charge in [-0.25, -0.2) is 0 Å². The molecule has 1 aliphatic heterocycles. The number of nitrogens with two attached hydrogens (primary N) is 1. The summed E-state index contributed by atoms with van der Waals surface area (Å²) in [5, 5.41) is 76.4. The van der Waals surface area contributed by atoms with Crippen molar-refractivity contribution < 1.29 is 50.3 Å².